The summed E-state index contributed by atoms with van der Waals surface area (Å²) in [6, 6.07) is 7.26. The van der Waals surface area contributed by atoms with Crippen LogP contribution >= 0.6 is 0 Å². The maximum atomic E-state index is 11.9. The molecule has 1 aliphatic heterocycles. The Morgan fingerprint density at radius 1 is 1.32 bits per heavy atom. The number of carbonyl (C=O) groups is 1. The minimum Gasteiger partial charge on any atom is -0.395 e. The van der Waals surface area contributed by atoms with Gasteiger partial charge in [0.15, 0.2) is 0 Å². The van der Waals surface area contributed by atoms with E-state index < -0.39 is 0 Å². The number of hydrogen-bond acceptors (Lipinski definition) is 4. The zero-order valence-electron chi connectivity index (χ0n) is 13.0. The van der Waals surface area contributed by atoms with Crippen LogP contribution in [0.4, 0.5) is 10.5 Å². The van der Waals surface area contributed by atoms with Crippen molar-refractivity contribution in [1.82, 2.24) is 10.2 Å². The number of rotatable bonds is 6. The Labute approximate surface area is 131 Å². The first-order chi connectivity index (χ1) is 10.6. The van der Waals surface area contributed by atoms with Crippen LogP contribution in [0, 0.1) is 12.8 Å². The van der Waals surface area contributed by atoms with E-state index in [1.807, 2.05) is 31.2 Å². The Morgan fingerprint density at radius 3 is 2.64 bits per heavy atom. The van der Waals surface area contributed by atoms with E-state index >= 15 is 0 Å². The molecule has 1 aromatic rings. The van der Waals surface area contributed by atoms with E-state index in [4.69, 9.17) is 0 Å². The summed E-state index contributed by atoms with van der Waals surface area (Å²) in [5.74, 6) is 0.351. The average Bonchev–Trinajstić information content (AvgIpc) is 2.98. The lowest BCUT2D eigenvalue weighted by Crippen LogP contribution is -2.40. The van der Waals surface area contributed by atoms with Crippen molar-refractivity contribution in [3.05, 3.63) is 29.8 Å². The monoisotopic (exact) mass is 307 g/mol. The first-order valence-corrected chi connectivity index (χ1v) is 7.69. The van der Waals surface area contributed by atoms with E-state index in [1.54, 1.807) is 0 Å². The van der Waals surface area contributed by atoms with Crippen molar-refractivity contribution in [1.29, 1.82) is 0 Å². The fourth-order valence-corrected chi connectivity index (χ4v) is 2.70. The molecule has 122 valence electrons. The molecule has 22 heavy (non-hydrogen) atoms. The molecule has 2 rings (SSSR count). The molecule has 1 saturated heterocycles. The lowest BCUT2D eigenvalue weighted by atomic mass is 10.1. The third kappa shape index (κ3) is 4.69. The summed E-state index contributed by atoms with van der Waals surface area (Å²) in [4.78, 5) is 13.9. The van der Waals surface area contributed by atoms with Crippen molar-refractivity contribution in [2.24, 2.45) is 5.92 Å². The molecule has 0 bridgehead atoms. The molecule has 2 amide bonds. The molecule has 0 aromatic heterocycles. The van der Waals surface area contributed by atoms with Gasteiger partial charge in [0, 0.05) is 18.8 Å². The molecule has 0 saturated carbocycles. The molecular weight excluding hydrogens is 282 g/mol. The Balaban J connectivity index is 1.72. The van der Waals surface area contributed by atoms with Crippen molar-refractivity contribution < 1.29 is 15.0 Å². The van der Waals surface area contributed by atoms with E-state index in [0.29, 0.717) is 12.5 Å². The smallest absolute Gasteiger partial charge is 0.319 e. The number of anilines is 1. The van der Waals surface area contributed by atoms with Crippen LogP contribution in [-0.2, 0) is 0 Å². The van der Waals surface area contributed by atoms with E-state index in [9.17, 15) is 15.0 Å². The SMILES string of the molecule is Cc1ccc(NC(=O)NCC2CCN(C(CO)CO)C2)cc1. The Morgan fingerprint density at radius 2 is 2.00 bits per heavy atom. The van der Waals surface area contributed by atoms with Gasteiger partial charge in [0.1, 0.15) is 0 Å². The van der Waals surface area contributed by atoms with Gasteiger partial charge in [-0.15, -0.1) is 0 Å². The number of amides is 2. The molecular formula is C16H25N3O3. The molecule has 1 unspecified atom stereocenters. The highest BCUT2D eigenvalue weighted by Gasteiger charge is 2.27. The van der Waals surface area contributed by atoms with Gasteiger partial charge in [-0.05, 0) is 37.9 Å². The van der Waals surface area contributed by atoms with Gasteiger partial charge in [0.25, 0.3) is 0 Å². The maximum Gasteiger partial charge on any atom is 0.319 e. The number of nitrogens with one attached hydrogen (secondary N) is 2. The Kier molecular flexibility index (Phi) is 6.18. The van der Waals surface area contributed by atoms with Gasteiger partial charge in [-0.2, -0.15) is 0 Å². The van der Waals surface area contributed by atoms with Crippen molar-refractivity contribution in [3.8, 4) is 0 Å². The van der Waals surface area contributed by atoms with Crippen molar-refractivity contribution in [2.75, 3.05) is 38.2 Å². The summed E-state index contributed by atoms with van der Waals surface area (Å²) in [7, 11) is 0. The molecule has 1 aromatic carbocycles. The van der Waals surface area contributed by atoms with Crippen molar-refractivity contribution >= 4 is 11.7 Å². The Bertz CT molecular complexity index is 474. The van der Waals surface area contributed by atoms with Crippen LogP contribution in [0.1, 0.15) is 12.0 Å². The van der Waals surface area contributed by atoms with Crippen LogP contribution in [0.2, 0.25) is 0 Å². The van der Waals surface area contributed by atoms with Gasteiger partial charge in [0.05, 0.1) is 19.3 Å². The number of aryl methyl sites for hydroxylation is 1. The van der Waals surface area contributed by atoms with Crippen LogP contribution in [0.25, 0.3) is 0 Å². The highest BCUT2D eigenvalue weighted by Crippen LogP contribution is 2.18. The summed E-state index contributed by atoms with van der Waals surface area (Å²) >= 11 is 0. The van der Waals surface area contributed by atoms with Gasteiger partial charge < -0.3 is 20.8 Å². The largest absolute Gasteiger partial charge is 0.395 e. The number of carbonyl (C=O) groups excluding carboxylic acids is 1. The molecule has 0 spiro atoms. The second kappa shape index (κ2) is 8.12. The Hall–Kier alpha value is -1.63. The van der Waals surface area contributed by atoms with Gasteiger partial charge in [-0.25, -0.2) is 4.79 Å². The van der Waals surface area contributed by atoms with Crippen LogP contribution in [0.15, 0.2) is 24.3 Å². The minimum absolute atomic E-state index is 0.0371. The molecule has 1 aliphatic rings. The predicted molar refractivity (Wildman–Crippen MR) is 85.8 cm³/mol. The topological polar surface area (TPSA) is 84.8 Å². The lowest BCUT2D eigenvalue weighted by Gasteiger charge is -2.24. The molecule has 0 aliphatic carbocycles. The van der Waals surface area contributed by atoms with Crippen LogP contribution in [0.3, 0.4) is 0 Å². The van der Waals surface area contributed by atoms with E-state index in [2.05, 4.69) is 15.5 Å². The second-order valence-corrected chi connectivity index (χ2v) is 5.87. The first kappa shape index (κ1) is 16.7. The fraction of sp³-hybridized carbons (Fsp3) is 0.562. The van der Waals surface area contributed by atoms with Gasteiger partial charge >= 0.3 is 6.03 Å². The molecule has 0 radical (unpaired) electrons. The zero-order valence-corrected chi connectivity index (χ0v) is 13.0. The molecule has 1 fully saturated rings. The number of benzene rings is 1. The normalized spacial score (nSPS) is 18.6. The van der Waals surface area contributed by atoms with Gasteiger partial charge in [-0.1, -0.05) is 17.7 Å². The highest BCUT2D eigenvalue weighted by atomic mass is 16.3. The van der Waals surface area contributed by atoms with Crippen LogP contribution < -0.4 is 10.6 Å². The van der Waals surface area contributed by atoms with E-state index in [0.717, 1.165) is 30.8 Å². The molecule has 6 nitrogen and oxygen atoms in total. The fourth-order valence-electron chi connectivity index (χ4n) is 2.70. The summed E-state index contributed by atoms with van der Waals surface area (Å²) in [6.07, 6.45) is 0.960. The van der Waals surface area contributed by atoms with Gasteiger partial charge in [-0.3, -0.25) is 4.90 Å². The van der Waals surface area contributed by atoms with E-state index in [1.165, 1.54) is 0 Å². The number of likely N-dealkylation sites (tertiary alicyclic amines) is 1. The predicted octanol–water partition coefficient (Wildman–Crippen LogP) is 0.792. The summed E-state index contributed by atoms with van der Waals surface area (Å²) in [5, 5.41) is 24.1. The number of hydrogen-bond donors (Lipinski definition) is 4. The maximum absolute atomic E-state index is 11.9. The second-order valence-electron chi connectivity index (χ2n) is 5.87. The van der Waals surface area contributed by atoms with Gasteiger partial charge in [0.2, 0.25) is 0 Å². The number of aliphatic hydroxyl groups is 2. The number of nitrogens with zero attached hydrogens (tertiary/aromatic N) is 1. The summed E-state index contributed by atoms with van der Waals surface area (Å²) in [5.41, 5.74) is 1.93. The lowest BCUT2D eigenvalue weighted by molar-refractivity contribution is 0.0880. The summed E-state index contributed by atoms with van der Waals surface area (Å²) in [6.45, 7) is 4.16. The van der Waals surface area contributed by atoms with Crippen LogP contribution in [-0.4, -0.2) is 60.0 Å². The molecule has 1 atom stereocenters. The third-order valence-corrected chi connectivity index (χ3v) is 4.12. The van der Waals surface area contributed by atoms with Crippen molar-refractivity contribution in [2.45, 2.75) is 19.4 Å². The minimum atomic E-state index is -0.205. The van der Waals surface area contributed by atoms with Crippen LogP contribution in [0.5, 0.6) is 0 Å². The van der Waals surface area contributed by atoms with Crippen molar-refractivity contribution in [3.63, 3.8) is 0 Å². The number of urea groups is 1. The molecule has 1 heterocycles. The highest BCUT2D eigenvalue weighted by molar-refractivity contribution is 5.89. The zero-order chi connectivity index (χ0) is 15.9. The van der Waals surface area contributed by atoms with E-state index in [-0.39, 0.29) is 25.3 Å². The number of aliphatic hydroxyl groups excluding tert-OH is 2. The average molecular weight is 307 g/mol. The third-order valence-electron chi connectivity index (χ3n) is 4.12. The molecule has 4 N–H and O–H groups in total. The summed E-state index contributed by atoms with van der Waals surface area (Å²) < 4.78 is 0. The quantitative estimate of drug-likeness (QED) is 0.626. The molecule has 6 heteroatoms. The first-order valence-electron chi connectivity index (χ1n) is 7.69. The standard InChI is InChI=1S/C16H25N3O3/c1-12-2-4-14(5-3-12)18-16(22)17-8-13-6-7-19(9-13)15(10-20)11-21/h2-5,13,15,20-21H,6-11H2,1H3,(H2,17,18,22).